The normalized spacial score (nSPS) is 24.5. The standard InChI is InChI=1S/C16H28N4O2S/c1-23(21,22)20(15-5-2-6-15)16-7-3-10-18(12-8-16)13-14-19-11-4-9-17-19/h4,9,11,15-16H,2-3,5-8,10,12-14H2,1H3/t16-/m0/s1. The molecule has 2 heterocycles. The Labute approximate surface area is 139 Å². The summed E-state index contributed by atoms with van der Waals surface area (Å²) in [6.07, 6.45) is 11.4. The summed E-state index contributed by atoms with van der Waals surface area (Å²) in [5, 5.41) is 4.24. The summed E-state index contributed by atoms with van der Waals surface area (Å²) in [4.78, 5) is 2.45. The molecule has 2 fully saturated rings. The third-order valence-corrected chi connectivity index (χ3v) is 6.53. The summed E-state index contributed by atoms with van der Waals surface area (Å²) >= 11 is 0. The highest BCUT2D eigenvalue weighted by molar-refractivity contribution is 7.88. The topological polar surface area (TPSA) is 58.4 Å². The van der Waals surface area contributed by atoms with Crippen LogP contribution in [0.5, 0.6) is 0 Å². The number of aromatic nitrogens is 2. The van der Waals surface area contributed by atoms with Gasteiger partial charge in [-0.3, -0.25) is 4.68 Å². The second kappa shape index (κ2) is 7.32. The van der Waals surface area contributed by atoms with Gasteiger partial charge in [0, 0.05) is 31.0 Å². The lowest BCUT2D eigenvalue weighted by Crippen LogP contribution is -2.49. The lowest BCUT2D eigenvalue weighted by Gasteiger charge is -2.40. The summed E-state index contributed by atoms with van der Waals surface area (Å²) < 4.78 is 28.3. The molecule has 0 bridgehead atoms. The maximum atomic E-state index is 12.2. The number of sulfonamides is 1. The van der Waals surface area contributed by atoms with Crippen LogP contribution in [0.3, 0.4) is 0 Å². The molecule has 0 aromatic carbocycles. The van der Waals surface area contributed by atoms with Gasteiger partial charge in [0.1, 0.15) is 0 Å². The highest BCUT2D eigenvalue weighted by Gasteiger charge is 2.37. The Morgan fingerprint density at radius 1 is 1.09 bits per heavy atom. The number of hydrogen-bond acceptors (Lipinski definition) is 4. The van der Waals surface area contributed by atoms with Gasteiger partial charge in [-0.05, 0) is 51.3 Å². The molecule has 0 unspecified atom stereocenters. The Morgan fingerprint density at radius 2 is 1.83 bits per heavy atom. The number of hydrogen-bond donors (Lipinski definition) is 0. The predicted octanol–water partition coefficient (Wildman–Crippen LogP) is 1.55. The van der Waals surface area contributed by atoms with E-state index < -0.39 is 10.0 Å². The van der Waals surface area contributed by atoms with Gasteiger partial charge in [-0.1, -0.05) is 6.42 Å². The van der Waals surface area contributed by atoms with Crippen molar-refractivity contribution in [2.75, 3.05) is 25.9 Å². The molecule has 1 aromatic rings. The van der Waals surface area contributed by atoms with Gasteiger partial charge in [0.2, 0.25) is 10.0 Å². The highest BCUT2D eigenvalue weighted by Crippen LogP contribution is 2.31. The molecule has 1 saturated carbocycles. The molecule has 7 heteroatoms. The monoisotopic (exact) mass is 340 g/mol. The van der Waals surface area contributed by atoms with Crippen LogP contribution in [0.1, 0.15) is 38.5 Å². The molecule has 0 N–H and O–H groups in total. The molecular weight excluding hydrogens is 312 g/mol. The second-order valence-electron chi connectivity index (χ2n) is 6.87. The lowest BCUT2D eigenvalue weighted by molar-refractivity contribution is 0.161. The van der Waals surface area contributed by atoms with E-state index in [0.29, 0.717) is 0 Å². The van der Waals surface area contributed by atoms with E-state index in [4.69, 9.17) is 0 Å². The highest BCUT2D eigenvalue weighted by atomic mass is 32.2. The van der Waals surface area contributed by atoms with Crippen molar-refractivity contribution in [3.05, 3.63) is 18.5 Å². The SMILES string of the molecule is CS(=O)(=O)N(C1CCC1)[C@H]1CCCN(CCn2cccn2)CC1. The summed E-state index contributed by atoms with van der Waals surface area (Å²) in [6.45, 7) is 3.91. The smallest absolute Gasteiger partial charge is 0.211 e. The van der Waals surface area contributed by atoms with Gasteiger partial charge in [0.15, 0.2) is 0 Å². The van der Waals surface area contributed by atoms with Crippen molar-refractivity contribution < 1.29 is 8.42 Å². The molecule has 1 aromatic heterocycles. The van der Waals surface area contributed by atoms with E-state index in [1.54, 1.807) is 6.20 Å². The number of rotatable bonds is 6. The molecular formula is C16H28N4O2S. The summed E-state index contributed by atoms with van der Waals surface area (Å²) in [5.41, 5.74) is 0. The molecule has 23 heavy (non-hydrogen) atoms. The first kappa shape index (κ1) is 16.9. The first-order valence-corrected chi connectivity index (χ1v) is 10.6. The van der Waals surface area contributed by atoms with Crippen molar-refractivity contribution in [1.29, 1.82) is 0 Å². The van der Waals surface area contributed by atoms with Crippen LogP contribution >= 0.6 is 0 Å². The Hall–Kier alpha value is -0.920. The summed E-state index contributed by atoms with van der Waals surface area (Å²) in [5.74, 6) is 0. The Balaban J connectivity index is 1.56. The van der Waals surface area contributed by atoms with Crippen LogP contribution in [0.15, 0.2) is 18.5 Å². The van der Waals surface area contributed by atoms with Gasteiger partial charge in [0.05, 0.1) is 12.8 Å². The van der Waals surface area contributed by atoms with Gasteiger partial charge in [-0.2, -0.15) is 9.40 Å². The summed E-state index contributed by atoms with van der Waals surface area (Å²) in [6, 6.07) is 2.39. The molecule has 1 atom stereocenters. The van der Waals surface area contributed by atoms with Crippen molar-refractivity contribution in [2.24, 2.45) is 0 Å². The molecule has 130 valence electrons. The van der Waals surface area contributed by atoms with Crippen molar-refractivity contribution in [3.8, 4) is 0 Å². The van der Waals surface area contributed by atoms with Crippen molar-refractivity contribution in [2.45, 2.75) is 57.2 Å². The van der Waals surface area contributed by atoms with Gasteiger partial charge in [-0.25, -0.2) is 8.42 Å². The van der Waals surface area contributed by atoms with E-state index >= 15 is 0 Å². The Kier molecular flexibility index (Phi) is 5.38. The van der Waals surface area contributed by atoms with Gasteiger partial charge >= 0.3 is 0 Å². The van der Waals surface area contributed by atoms with Crippen LogP contribution in [0.25, 0.3) is 0 Å². The fourth-order valence-electron chi connectivity index (χ4n) is 3.77. The molecule has 1 aliphatic heterocycles. The zero-order valence-corrected chi connectivity index (χ0v) is 14.8. The molecule has 1 saturated heterocycles. The Morgan fingerprint density at radius 3 is 2.43 bits per heavy atom. The van der Waals surface area contributed by atoms with Crippen molar-refractivity contribution in [1.82, 2.24) is 19.0 Å². The molecule has 0 amide bonds. The van der Waals surface area contributed by atoms with E-state index in [-0.39, 0.29) is 12.1 Å². The van der Waals surface area contributed by atoms with Crippen LogP contribution in [-0.2, 0) is 16.6 Å². The van der Waals surface area contributed by atoms with Crippen LogP contribution in [0.4, 0.5) is 0 Å². The number of likely N-dealkylation sites (tertiary alicyclic amines) is 1. The first-order valence-electron chi connectivity index (χ1n) is 8.72. The molecule has 0 radical (unpaired) electrons. The maximum absolute atomic E-state index is 12.2. The lowest BCUT2D eigenvalue weighted by atomic mass is 9.91. The molecule has 3 rings (SSSR count). The predicted molar refractivity (Wildman–Crippen MR) is 90.6 cm³/mol. The third-order valence-electron chi connectivity index (χ3n) is 5.17. The van der Waals surface area contributed by atoms with E-state index in [1.807, 2.05) is 21.3 Å². The minimum atomic E-state index is -3.11. The second-order valence-corrected chi connectivity index (χ2v) is 8.76. The van der Waals surface area contributed by atoms with E-state index in [2.05, 4.69) is 10.00 Å². The van der Waals surface area contributed by atoms with Crippen LogP contribution < -0.4 is 0 Å². The fourth-order valence-corrected chi connectivity index (χ4v) is 5.28. The summed E-state index contributed by atoms with van der Waals surface area (Å²) in [7, 11) is -3.11. The van der Waals surface area contributed by atoms with Gasteiger partial charge in [0.25, 0.3) is 0 Å². The zero-order chi connectivity index (χ0) is 16.3. The number of nitrogens with zero attached hydrogens (tertiary/aromatic N) is 4. The molecule has 0 spiro atoms. The maximum Gasteiger partial charge on any atom is 0.211 e. The molecule has 2 aliphatic rings. The average Bonchev–Trinajstić information content (AvgIpc) is 2.85. The first-order chi connectivity index (χ1) is 11.0. The van der Waals surface area contributed by atoms with Gasteiger partial charge < -0.3 is 4.90 Å². The van der Waals surface area contributed by atoms with E-state index in [1.165, 1.54) is 12.7 Å². The zero-order valence-electron chi connectivity index (χ0n) is 14.0. The average molecular weight is 340 g/mol. The van der Waals surface area contributed by atoms with E-state index in [0.717, 1.165) is 58.3 Å². The van der Waals surface area contributed by atoms with Gasteiger partial charge in [-0.15, -0.1) is 0 Å². The van der Waals surface area contributed by atoms with Crippen LogP contribution in [0.2, 0.25) is 0 Å². The van der Waals surface area contributed by atoms with Crippen LogP contribution in [-0.4, -0.2) is 65.4 Å². The largest absolute Gasteiger partial charge is 0.301 e. The fraction of sp³-hybridized carbons (Fsp3) is 0.812. The van der Waals surface area contributed by atoms with Crippen molar-refractivity contribution >= 4 is 10.0 Å². The van der Waals surface area contributed by atoms with E-state index in [9.17, 15) is 8.42 Å². The van der Waals surface area contributed by atoms with Crippen molar-refractivity contribution in [3.63, 3.8) is 0 Å². The minimum absolute atomic E-state index is 0.185. The Bertz CT molecular complexity index is 583. The van der Waals surface area contributed by atoms with Crippen LogP contribution in [0, 0.1) is 0 Å². The molecule has 6 nitrogen and oxygen atoms in total. The quantitative estimate of drug-likeness (QED) is 0.788. The minimum Gasteiger partial charge on any atom is -0.301 e. The molecule has 1 aliphatic carbocycles. The third kappa shape index (κ3) is 4.33.